The summed E-state index contributed by atoms with van der Waals surface area (Å²) in [5.41, 5.74) is 0.407. The summed E-state index contributed by atoms with van der Waals surface area (Å²) in [7, 11) is 0. The number of rotatable bonds is 5. The molecular weight excluding hydrogens is 206 g/mol. The summed E-state index contributed by atoms with van der Waals surface area (Å²) >= 11 is 0. The first-order chi connectivity index (χ1) is 7.70. The van der Waals surface area contributed by atoms with E-state index in [0.29, 0.717) is 5.56 Å². The van der Waals surface area contributed by atoms with E-state index in [-0.39, 0.29) is 6.61 Å². The number of carbonyl (C=O) groups is 2. The quantitative estimate of drug-likeness (QED) is 0.354. The zero-order valence-electron chi connectivity index (χ0n) is 8.97. The van der Waals surface area contributed by atoms with Crippen LogP contribution < -0.4 is 0 Å². The molecule has 1 atom stereocenters. The van der Waals surface area contributed by atoms with Crippen LogP contribution in [0.1, 0.15) is 17.3 Å². The second kappa shape index (κ2) is 5.80. The maximum absolute atomic E-state index is 11.8. The van der Waals surface area contributed by atoms with E-state index < -0.39 is 17.7 Å². The Kier molecular flexibility index (Phi) is 4.39. The van der Waals surface area contributed by atoms with E-state index in [2.05, 4.69) is 0 Å². The van der Waals surface area contributed by atoms with Crippen molar-refractivity contribution in [3.05, 3.63) is 35.9 Å². The Morgan fingerprint density at radius 3 is 2.50 bits per heavy atom. The molecule has 0 spiro atoms. The average molecular weight is 219 g/mol. The fraction of sp³-hybridized carbons (Fsp3) is 0.250. The lowest BCUT2D eigenvalue weighted by Crippen LogP contribution is -2.27. The van der Waals surface area contributed by atoms with Gasteiger partial charge in [0.05, 0.1) is 6.61 Å². The van der Waals surface area contributed by atoms with Gasteiger partial charge in [0.2, 0.25) is 0 Å². The van der Waals surface area contributed by atoms with Crippen LogP contribution in [0.5, 0.6) is 0 Å². The summed E-state index contributed by atoms with van der Waals surface area (Å²) in [5, 5.41) is 7.10. The number of carbonyl (C=O) groups excluding carboxylic acids is 2. The molecule has 0 aliphatic carbocycles. The van der Waals surface area contributed by atoms with Gasteiger partial charge in [0.25, 0.3) is 0 Å². The molecule has 0 fully saturated rings. The highest BCUT2D eigenvalue weighted by Crippen LogP contribution is 2.09. The number of hydrogen-bond donors (Lipinski definition) is 1. The van der Waals surface area contributed by atoms with Gasteiger partial charge in [-0.1, -0.05) is 30.3 Å². The SMILES string of the molecule is CCOC(=O)C(C=N)C(=O)c1ccccc1. The Labute approximate surface area is 93.7 Å². The lowest BCUT2D eigenvalue weighted by atomic mass is 9.99. The minimum Gasteiger partial charge on any atom is -0.465 e. The van der Waals surface area contributed by atoms with Gasteiger partial charge >= 0.3 is 5.97 Å². The van der Waals surface area contributed by atoms with Gasteiger partial charge in [-0.15, -0.1) is 0 Å². The Bertz CT molecular complexity index is 387. The Balaban J connectivity index is 2.86. The molecule has 1 N–H and O–H groups in total. The van der Waals surface area contributed by atoms with E-state index in [1.807, 2.05) is 0 Å². The molecule has 0 radical (unpaired) electrons. The molecule has 1 rings (SSSR count). The van der Waals surface area contributed by atoms with Crippen molar-refractivity contribution >= 4 is 18.0 Å². The topological polar surface area (TPSA) is 67.2 Å². The number of hydrogen-bond acceptors (Lipinski definition) is 4. The number of Topliss-reactive ketones (excluding diaryl/α,β-unsaturated/α-hetero) is 1. The van der Waals surface area contributed by atoms with Gasteiger partial charge in [0.15, 0.2) is 11.7 Å². The minimum atomic E-state index is -1.14. The van der Waals surface area contributed by atoms with E-state index in [0.717, 1.165) is 6.21 Å². The summed E-state index contributed by atoms with van der Waals surface area (Å²) in [6.45, 7) is 1.86. The van der Waals surface area contributed by atoms with Crippen LogP contribution in [0.2, 0.25) is 0 Å². The summed E-state index contributed by atoms with van der Waals surface area (Å²) in [6, 6.07) is 8.41. The highest BCUT2D eigenvalue weighted by Gasteiger charge is 2.26. The van der Waals surface area contributed by atoms with Gasteiger partial charge < -0.3 is 10.1 Å². The lowest BCUT2D eigenvalue weighted by Gasteiger charge is -2.09. The van der Waals surface area contributed by atoms with Crippen molar-refractivity contribution in [2.45, 2.75) is 6.92 Å². The molecular formula is C12H13NO3. The van der Waals surface area contributed by atoms with Gasteiger partial charge in [0.1, 0.15) is 0 Å². The molecule has 0 aliphatic heterocycles. The number of esters is 1. The Morgan fingerprint density at radius 1 is 1.38 bits per heavy atom. The lowest BCUT2D eigenvalue weighted by molar-refractivity contribution is -0.143. The van der Waals surface area contributed by atoms with Crippen molar-refractivity contribution in [3.63, 3.8) is 0 Å². The molecule has 1 aromatic rings. The number of ketones is 1. The molecule has 0 saturated carbocycles. The Hall–Kier alpha value is -1.97. The van der Waals surface area contributed by atoms with Crippen molar-refractivity contribution in [2.24, 2.45) is 5.92 Å². The molecule has 0 bridgehead atoms. The first-order valence-corrected chi connectivity index (χ1v) is 4.97. The third-order valence-corrected chi connectivity index (χ3v) is 2.05. The zero-order valence-corrected chi connectivity index (χ0v) is 8.97. The normalized spacial score (nSPS) is 11.6. The zero-order chi connectivity index (χ0) is 12.0. The molecule has 0 heterocycles. The van der Waals surface area contributed by atoms with Crippen LogP contribution in [-0.2, 0) is 9.53 Å². The van der Waals surface area contributed by atoms with Crippen molar-refractivity contribution in [3.8, 4) is 0 Å². The van der Waals surface area contributed by atoms with E-state index in [1.54, 1.807) is 37.3 Å². The molecule has 16 heavy (non-hydrogen) atoms. The molecule has 1 unspecified atom stereocenters. The molecule has 0 amide bonds. The van der Waals surface area contributed by atoms with Gasteiger partial charge in [-0.05, 0) is 6.92 Å². The number of ether oxygens (including phenoxy) is 1. The van der Waals surface area contributed by atoms with Crippen LogP contribution in [0.3, 0.4) is 0 Å². The summed E-state index contributed by atoms with van der Waals surface area (Å²) in [6.07, 6.45) is 0.813. The standard InChI is InChI=1S/C12H13NO3/c1-2-16-12(15)10(8-13)11(14)9-6-4-3-5-7-9/h3-8,10,13H,2H2,1H3. The third kappa shape index (κ3) is 2.76. The van der Waals surface area contributed by atoms with Crippen LogP contribution in [0, 0.1) is 11.3 Å². The fourth-order valence-corrected chi connectivity index (χ4v) is 1.26. The number of benzene rings is 1. The molecule has 4 nitrogen and oxygen atoms in total. The second-order valence-electron chi connectivity index (χ2n) is 3.13. The van der Waals surface area contributed by atoms with E-state index in [9.17, 15) is 9.59 Å². The minimum absolute atomic E-state index is 0.200. The second-order valence-corrected chi connectivity index (χ2v) is 3.13. The van der Waals surface area contributed by atoms with Crippen molar-refractivity contribution in [1.29, 1.82) is 5.41 Å². The van der Waals surface area contributed by atoms with E-state index in [4.69, 9.17) is 10.1 Å². The van der Waals surface area contributed by atoms with Crippen LogP contribution in [0.4, 0.5) is 0 Å². The van der Waals surface area contributed by atoms with Crippen molar-refractivity contribution < 1.29 is 14.3 Å². The number of nitrogens with one attached hydrogen (secondary N) is 1. The molecule has 0 saturated heterocycles. The molecule has 84 valence electrons. The van der Waals surface area contributed by atoms with Gasteiger partial charge in [-0.25, -0.2) is 0 Å². The highest BCUT2D eigenvalue weighted by atomic mass is 16.5. The molecule has 0 aromatic heterocycles. The fourth-order valence-electron chi connectivity index (χ4n) is 1.26. The maximum atomic E-state index is 11.8. The Morgan fingerprint density at radius 2 is 2.00 bits per heavy atom. The van der Waals surface area contributed by atoms with Gasteiger partial charge in [0, 0.05) is 11.8 Å². The summed E-state index contributed by atoms with van der Waals surface area (Å²) in [5.74, 6) is -2.22. The van der Waals surface area contributed by atoms with Crippen molar-refractivity contribution in [2.75, 3.05) is 6.61 Å². The predicted molar refractivity (Wildman–Crippen MR) is 59.7 cm³/mol. The first kappa shape index (κ1) is 12.1. The molecule has 4 heteroatoms. The van der Waals surface area contributed by atoms with Crippen LogP contribution >= 0.6 is 0 Å². The third-order valence-electron chi connectivity index (χ3n) is 2.05. The van der Waals surface area contributed by atoms with Gasteiger partial charge in [-0.2, -0.15) is 0 Å². The molecule has 0 aliphatic rings. The largest absolute Gasteiger partial charge is 0.465 e. The van der Waals surface area contributed by atoms with E-state index in [1.165, 1.54) is 0 Å². The first-order valence-electron chi connectivity index (χ1n) is 4.97. The van der Waals surface area contributed by atoms with Crippen LogP contribution in [-0.4, -0.2) is 24.6 Å². The van der Waals surface area contributed by atoms with Gasteiger partial charge in [-0.3, -0.25) is 9.59 Å². The van der Waals surface area contributed by atoms with Crippen LogP contribution in [0.15, 0.2) is 30.3 Å². The monoisotopic (exact) mass is 219 g/mol. The van der Waals surface area contributed by atoms with Crippen LogP contribution in [0.25, 0.3) is 0 Å². The van der Waals surface area contributed by atoms with E-state index >= 15 is 0 Å². The smallest absolute Gasteiger partial charge is 0.322 e. The predicted octanol–water partition coefficient (Wildman–Crippen LogP) is 1.70. The summed E-state index contributed by atoms with van der Waals surface area (Å²) < 4.78 is 4.73. The van der Waals surface area contributed by atoms with Crippen molar-refractivity contribution in [1.82, 2.24) is 0 Å². The maximum Gasteiger partial charge on any atom is 0.322 e. The summed E-state index contributed by atoms with van der Waals surface area (Å²) in [4.78, 5) is 23.2. The molecule has 1 aromatic carbocycles. The average Bonchev–Trinajstić information content (AvgIpc) is 2.31. The highest BCUT2D eigenvalue weighted by molar-refractivity contribution is 6.17.